The standard InChI is InChI=1S/C15H20N2O3/c1-10(2)16-8-13-15(20-9-17-13)12-7-11(18-3)5-6-14(12)19-4/h5-7,9-10,16H,8H2,1-4H3. The second kappa shape index (κ2) is 6.43. The highest BCUT2D eigenvalue weighted by Gasteiger charge is 2.16. The summed E-state index contributed by atoms with van der Waals surface area (Å²) in [4.78, 5) is 4.27. The summed E-state index contributed by atoms with van der Waals surface area (Å²) in [6.45, 7) is 4.82. The Morgan fingerprint density at radius 2 is 2.05 bits per heavy atom. The van der Waals surface area contributed by atoms with E-state index in [4.69, 9.17) is 13.9 Å². The van der Waals surface area contributed by atoms with Gasteiger partial charge in [-0.3, -0.25) is 0 Å². The van der Waals surface area contributed by atoms with Crippen LogP contribution in [-0.4, -0.2) is 25.2 Å². The van der Waals surface area contributed by atoms with E-state index in [2.05, 4.69) is 24.1 Å². The summed E-state index contributed by atoms with van der Waals surface area (Å²) in [7, 11) is 3.26. The second-order valence-corrected chi connectivity index (χ2v) is 4.73. The minimum Gasteiger partial charge on any atom is -0.497 e. The lowest BCUT2D eigenvalue weighted by Gasteiger charge is -2.11. The Hall–Kier alpha value is -2.01. The van der Waals surface area contributed by atoms with Gasteiger partial charge in [-0.15, -0.1) is 0 Å². The Labute approximate surface area is 118 Å². The highest BCUT2D eigenvalue weighted by molar-refractivity contribution is 5.69. The second-order valence-electron chi connectivity index (χ2n) is 4.73. The summed E-state index contributed by atoms with van der Waals surface area (Å²) in [5.74, 6) is 2.18. The first-order valence-corrected chi connectivity index (χ1v) is 6.53. The lowest BCUT2D eigenvalue weighted by atomic mass is 10.1. The SMILES string of the molecule is COc1ccc(OC)c(-c2ocnc2CNC(C)C)c1. The van der Waals surface area contributed by atoms with Crippen LogP contribution < -0.4 is 14.8 Å². The van der Waals surface area contributed by atoms with Crippen molar-refractivity contribution in [3.8, 4) is 22.8 Å². The molecule has 1 aromatic carbocycles. The highest BCUT2D eigenvalue weighted by Crippen LogP contribution is 2.35. The average molecular weight is 276 g/mol. The predicted molar refractivity (Wildman–Crippen MR) is 77.0 cm³/mol. The molecule has 0 saturated heterocycles. The molecule has 0 aliphatic carbocycles. The van der Waals surface area contributed by atoms with Crippen LogP contribution in [0, 0.1) is 0 Å². The predicted octanol–water partition coefficient (Wildman–Crippen LogP) is 2.86. The molecule has 0 atom stereocenters. The fourth-order valence-electron chi connectivity index (χ4n) is 1.91. The van der Waals surface area contributed by atoms with Crippen molar-refractivity contribution < 1.29 is 13.9 Å². The van der Waals surface area contributed by atoms with E-state index in [-0.39, 0.29) is 0 Å². The number of benzene rings is 1. The van der Waals surface area contributed by atoms with Crippen LogP contribution >= 0.6 is 0 Å². The molecule has 2 aromatic rings. The van der Waals surface area contributed by atoms with E-state index in [0.29, 0.717) is 18.3 Å². The summed E-state index contributed by atoms with van der Waals surface area (Å²) in [5, 5.41) is 3.33. The average Bonchev–Trinajstić information content (AvgIpc) is 2.92. The highest BCUT2D eigenvalue weighted by atomic mass is 16.5. The van der Waals surface area contributed by atoms with Crippen molar-refractivity contribution in [1.82, 2.24) is 10.3 Å². The first-order valence-electron chi connectivity index (χ1n) is 6.53. The van der Waals surface area contributed by atoms with Crippen LogP contribution in [-0.2, 0) is 6.54 Å². The largest absolute Gasteiger partial charge is 0.497 e. The summed E-state index contributed by atoms with van der Waals surface area (Å²) in [6, 6.07) is 5.98. The smallest absolute Gasteiger partial charge is 0.181 e. The van der Waals surface area contributed by atoms with Gasteiger partial charge in [0.25, 0.3) is 0 Å². The molecule has 0 aliphatic rings. The molecule has 0 spiro atoms. The van der Waals surface area contributed by atoms with Crippen LogP contribution in [0.5, 0.6) is 11.5 Å². The molecule has 0 saturated carbocycles. The molecule has 1 N–H and O–H groups in total. The van der Waals surface area contributed by atoms with Gasteiger partial charge in [-0.25, -0.2) is 4.98 Å². The number of rotatable bonds is 6. The van der Waals surface area contributed by atoms with Crippen LogP contribution in [0.1, 0.15) is 19.5 Å². The lowest BCUT2D eigenvalue weighted by molar-refractivity contribution is 0.403. The summed E-state index contributed by atoms with van der Waals surface area (Å²) >= 11 is 0. The molecule has 0 radical (unpaired) electrons. The zero-order valence-electron chi connectivity index (χ0n) is 12.3. The number of aromatic nitrogens is 1. The quantitative estimate of drug-likeness (QED) is 0.879. The zero-order valence-corrected chi connectivity index (χ0v) is 12.3. The van der Waals surface area contributed by atoms with Gasteiger partial charge in [0.15, 0.2) is 12.2 Å². The number of nitrogens with one attached hydrogen (secondary N) is 1. The van der Waals surface area contributed by atoms with Crippen LogP contribution in [0.25, 0.3) is 11.3 Å². The van der Waals surface area contributed by atoms with Crippen molar-refractivity contribution in [2.24, 2.45) is 0 Å². The monoisotopic (exact) mass is 276 g/mol. The maximum Gasteiger partial charge on any atom is 0.181 e. The molecular weight excluding hydrogens is 256 g/mol. The molecule has 0 unspecified atom stereocenters. The third kappa shape index (κ3) is 3.11. The van der Waals surface area contributed by atoms with Crippen molar-refractivity contribution in [3.63, 3.8) is 0 Å². The molecule has 1 aromatic heterocycles. The maximum atomic E-state index is 5.54. The number of ether oxygens (including phenoxy) is 2. The van der Waals surface area contributed by atoms with Gasteiger partial charge in [-0.2, -0.15) is 0 Å². The van der Waals surface area contributed by atoms with Crippen LogP contribution in [0.4, 0.5) is 0 Å². The lowest BCUT2D eigenvalue weighted by Crippen LogP contribution is -2.22. The molecule has 1 heterocycles. The summed E-state index contributed by atoms with van der Waals surface area (Å²) in [5.41, 5.74) is 1.69. The molecule has 0 bridgehead atoms. The van der Waals surface area contributed by atoms with E-state index in [1.807, 2.05) is 18.2 Å². The molecule has 2 rings (SSSR count). The first kappa shape index (κ1) is 14.4. The van der Waals surface area contributed by atoms with Crippen molar-refractivity contribution in [2.45, 2.75) is 26.4 Å². The molecule has 108 valence electrons. The number of hydrogen-bond acceptors (Lipinski definition) is 5. The fourth-order valence-corrected chi connectivity index (χ4v) is 1.91. The third-order valence-corrected chi connectivity index (χ3v) is 2.97. The Bertz CT molecular complexity index is 564. The third-order valence-electron chi connectivity index (χ3n) is 2.97. The summed E-state index contributed by atoms with van der Waals surface area (Å²) in [6.07, 6.45) is 1.45. The van der Waals surface area contributed by atoms with Crippen LogP contribution in [0.2, 0.25) is 0 Å². The van der Waals surface area contributed by atoms with Crippen LogP contribution in [0.3, 0.4) is 0 Å². The first-order chi connectivity index (χ1) is 9.65. The topological polar surface area (TPSA) is 56.5 Å². The number of nitrogens with zero attached hydrogens (tertiary/aromatic N) is 1. The summed E-state index contributed by atoms with van der Waals surface area (Å²) < 4.78 is 16.2. The van der Waals surface area contributed by atoms with Gasteiger partial charge in [-0.1, -0.05) is 13.8 Å². The Balaban J connectivity index is 2.37. The number of methoxy groups -OCH3 is 2. The molecular formula is C15H20N2O3. The van der Waals surface area contributed by atoms with E-state index in [9.17, 15) is 0 Å². The molecule has 0 amide bonds. The van der Waals surface area contributed by atoms with Crippen LogP contribution in [0.15, 0.2) is 29.0 Å². The normalized spacial score (nSPS) is 10.8. The minimum atomic E-state index is 0.381. The van der Waals surface area contributed by atoms with Gasteiger partial charge in [-0.05, 0) is 18.2 Å². The van der Waals surface area contributed by atoms with Gasteiger partial charge in [0.1, 0.15) is 17.2 Å². The minimum absolute atomic E-state index is 0.381. The van der Waals surface area contributed by atoms with E-state index >= 15 is 0 Å². The number of hydrogen-bond donors (Lipinski definition) is 1. The van der Waals surface area contributed by atoms with Gasteiger partial charge in [0, 0.05) is 12.6 Å². The Kier molecular flexibility index (Phi) is 4.63. The van der Waals surface area contributed by atoms with Gasteiger partial charge < -0.3 is 19.2 Å². The number of oxazole rings is 1. The molecule has 5 heteroatoms. The molecule has 0 aliphatic heterocycles. The Morgan fingerprint density at radius 3 is 2.70 bits per heavy atom. The van der Waals surface area contributed by atoms with E-state index in [1.54, 1.807) is 14.2 Å². The van der Waals surface area contributed by atoms with E-state index in [1.165, 1.54) is 6.39 Å². The van der Waals surface area contributed by atoms with Gasteiger partial charge in [0.2, 0.25) is 0 Å². The molecule has 0 fully saturated rings. The van der Waals surface area contributed by atoms with Gasteiger partial charge >= 0.3 is 0 Å². The maximum absolute atomic E-state index is 5.54. The molecule has 20 heavy (non-hydrogen) atoms. The van der Waals surface area contributed by atoms with Crippen molar-refractivity contribution in [1.29, 1.82) is 0 Å². The van der Waals surface area contributed by atoms with E-state index in [0.717, 1.165) is 22.8 Å². The van der Waals surface area contributed by atoms with E-state index < -0.39 is 0 Å². The van der Waals surface area contributed by atoms with Crippen molar-refractivity contribution in [3.05, 3.63) is 30.3 Å². The zero-order chi connectivity index (χ0) is 14.5. The fraction of sp³-hybridized carbons (Fsp3) is 0.400. The van der Waals surface area contributed by atoms with Crippen molar-refractivity contribution >= 4 is 0 Å². The van der Waals surface area contributed by atoms with Crippen molar-refractivity contribution in [2.75, 3.05) is 14.2 Å². The Morgan fingerprint density at radius 1 is 1.25 bits per heavy atom. The molecule has 5 nitrogen and oxygen atoms in total. The van der Waals surface area contributed by atoms with Gasteiger partial charge in [0.05, 0.1) is 19.8 Å².